The average molecular weight is 1650 g/mol. The smallest absolute Gasteiger partial charge is 0.161 e. The Hall–Kier alpha value is -10.4. The number of rotatable bonds is 9. The second-order valence-corrected chi connectivity index (χ2v) is 32.9. The van der Waals surface area contributed by atoms with Crippen molar-refractivity contribution in [1.29, 1.82) is 0 Å². The minimum atomic E-state index is 0. The van der Waals surface area contributed by atoms with E-state index in [9.17, 15) is 4.79 Å². The Morgan fingerprint density at radius 3 is 1.34 bits per heavy atom. The number of thiophene rings is 2. The van der Waals surface area contributed by atoms with Gasteiger partial charge in [0.25, 0.3) is 0 Å². The van der Waals surface area contributed by atoms with Gasteiger partial charge >= 0.3 is 0 Å². The summed E-state index contributed by atoms with van der Waals surface area (Å²) in [6.07, 6.45) is 37.1. The zero-order valence-corrected chi connectivity index (χ0v) is 71.0. The van der Waals surface area contributed by atoms with Gasteiger partial charge in [-0.3, -0.25) is 39.7 Å². The van der Waals surface area contributed by atoms with Crippen LogP contribution >= 0.6 is 22.7 Å². The van der Waals surface area contributed by atoms with Crippen LogP contribution in [0.3, 0.4) is 0 Å². The fourth-order valence-electron chi connectivity index (χ4n) is 12.1. The lowest BCUT2D eigenvalue weighted by Crippen LogP contribution is -2.17. The molecule has 13 nitrogen and oxygen atoms in total. The molecule has 0 amide bonds. The number of fused-ring (bicyclic) bond motifs is 6. The number of ketones is 1. The summed E-state index contributed by atoms with van der Waals surface area (Å²) in [5.41, 5.74) is 21.6. The van der Waals surface area contributed by atoms with Crippen molar-refractivity contribution in [2.24, 2.45) is 0 Å². The second-order valence-electron chi connectivity index (χ2n) is 31.1. The van der Waals surface area contributed by atoms with E-state index in [1.807, 2.05) is 146 Å². The molecule has 0 spiro atoms. The Kier molecular flexibility index (Phi) is 52.2. The quantitative estimate of drug-likeness (QED) is 0.135. The molecule has 13 aromatic heterocycles. The molecule has 0 atom stereocenters. The van der Waals surface area contributed by atoms with Crippen molar-refractivity contribution in [2.45, 2.75) is 276 Å². The first kappa shape index (κ1) is 111. The summed E-state index contributed by atoms with van der Waals surface area (Å²) < 4.78 is 7.88. The molecule has 0 aliphatic heterocycles. The lowest BCUT2D eigenvalue weighted by molar-refractivity contribution is -0.114. The predicted molar refractivity (Wildman–Crippen MR) is 524 cm³/mol. The van der Waals surface area contributed by atoms with Gasteiger partial charge in [0, 0.05) is 108 Å². The number of para-hydroxylation sites is 1. The summed E-state index contributed by atoms with van der Waals surface area (Å²) in [6, 6.07) is 41.4. The van der Waals surface area contributed by atoms with E-state index in [0.29, 0.717) is 59.7 Å². The molecule has 644 valence electrons. The maximum absolute atomic E-state index is 11.3. The van der Waals surface area contributed by atoms with Gasteiger partial charge in [0.15, 0.2) is 5.78 Å². The summed E-state index contributed by atoms with van der Waals surface area (Å²) in [4.78, 5) is 45.7. The lowest BCUT2D eigenvalue weighted by Gasteiger charge is -2.24. The van der Waals surface area contributed by atoms with Crippen LogP contribution < -0.4 is 0 Å². The average Bonchev–Trinajstić information content (AvgIpc) is 1.78. The fraction of sp³-hybridized carbons (Fsp3) is 0.394. The standard InChI is InChI=1S/C13H15NO.C12H13N.C11H13N.C10H12N2.2C10H11NS.3C8H11N.C6H9NO.8CH4/c1-13(2,3)11-6-7-14-12-8-9(15)4-5-10(11)12;1-9(2)10-7-8-13-12-6-4-3-5-11(10)12;1-8(2)9-6-7-12-11-5-3-4-10(9)11;1-8(2)9-7-11-12-6-4-3-5-10(9)12;1-7(2)8-3-5-11-9-4-6-12-10(8)9;1-7(2)8-3-5-11-10-9(8)4-6-12-10;3*1-7(2)8-3-5-9-6-4-8;1-5(2)6-3-7-8-4-6;;;;;;;;/h4-7H,8H2,1-3H3;3-9H,1-2H3;3-4,6-8H,5H2,1-2H3;3-8H,1-2H3;2*3-7H,1-2H3;3*3-7H,1-2H3;3-5H,1-2H3;8*1H4. The maximum atomic E-state index is 11.3. The number of aromatic nitrogens is 11. The van der Waals surface area contributed by atoms with Crippen LogP contribution in [0, 0.1) is 0 Å². The molecule has 0 unspecified atom stereocenters. The monoisotopic (exact) mass is 1650 g/mol. The van der Waals surface area contributed by atoms with Gasteiger partial charge in [-0.2, -0.15) is 5.10 Å². The third-order valence-corrected chi connectivity index (χ3v) is 20.4. The minimum absolute atomic E-state index is 0. The van der Waals surface area contributed by atoms with Gasteiger partial charge < -0.3 is 4.52 Å². The number of hydrogen-bond donors (Lipinski definition) is 0. The Balaban J connectivity index is 0. The molecule has 119 heavy (non-hydrogen) atoms. The maximum Gasteiger partial charge on any atom is 0.161 e. The largest absolute Gasteiger partial charge is 0.364 e. The van der Waals surface area contributed by atoms with Crippen LogP contribution in [-0.2, 0) is 23.1 Å². The first-order valence-corrected chi connectivity index (χ1v) is 40.7. The number of pyridine rings is 9. The van der Waals surface area contributed by atoms with Crippen LogP contribution in [0.1, 0.15) is 336 Å². The van der Waals surface area contributed by atoms with Gasteiger partial charge in [0.1, 0.15) is 11.1 Å². The zero-order valence-electron chi connectivity index (χ0n) is 69.3. The van der Waals surface area contributed by atoms with Crippen LogP contribution in [0.25, 0.3) is 49.0 Å². The molecule has 0 bridgehead atoms. The van der Waals surface area contributed by atoms with Crippen LogP contribution in [0.4, 0.5) is 0 Å². The van der Waals surface area contributed by atoms with Gasteiger partial charge in [0.05, 0.1) is 51.5 Å². The SMILES string of the molecule is C.C.C.C.C.C.C.C.CC(C)(C)c1ccnc2c1C=CC(=O)C2.CC(C)c1ccnc2c1C=CC2.CC(C)c1ccnc2ccccc12.CC(C)c1ccnc2ccsc12.CC(C)c1ccnc2sccc12.CC(C)c1ccncc1.CC(C)c1ccncc1.CC(C)c1ccncc1.CC(C)c1cnn2ccccc12.CC(C)c1cnoc1. The molecule has 14 aromatic rings. The summed E-state index contributed by atoms with van der Waals surface area (Å²) >= 11 is 3.49. The van der Waals surface area contributed by atoms with Crippen LogP contribution in [0.5, 0.6) is 0 Å². The molecule has 2 aliphatic rings. The number of benzene rings is 1. The van der Waals surface area contributed by atoms with Crippen molar-refractivity contribution in [3.8, 4) is 0 Å². The number of nitrogens with zero attached hydrogens (tertiary/aromatic N) is 11. The van der Waals surface area contributed by atoms with E-state index in [2.05, 4.69) is 284 Å². The highest BCUT2D eigenvalue weighted by atomic mass is 32.1. The molecule has 16 rings (SSSR count). The van der Waals surface area contributed by atoms with Crippen molar-refractivity contribution in [3.63, 3.8) is 0 Å². The molecule has 0 N–H and O–H groups in total. The molecule has 2 aliphatic carbocycles. The van der Waals surface area contributed by atoms with E-state index < -0.39 is 0 Å². The molecule has 1 aromatic carbocycles. The van der Waals surface area contributed by atoms with Gasteiger partial charge in [0.2, 0.25) is 0 Å². The molecule has 0 saturated carbocycles. The molecule has 0 fully saturated rings. The van der Waals surface area contributed by atoms with Crippen LogP contribution in [0.15, 0.2) is 242 Å². The second kappa shape index (κ2) is 56.2. The number of carbonyl (C=O) groups excluding carboxylic acids is 1. The summed E-state index contributed by atoms with van der Waals surface area (Å²) in [6.45, 7) is 45.9. The van der Waals surface area contributed by atoms with E-state index in [4.69, 9.17) is 0 Å². The fourth-order valence-corrected chi connectivity index (χ4v) is 13.9. The topological polar surface area (TPSA) is 164 Å². The molecular weight excluding hydrogens is 1500 g/mol. The summed E-state index contributed by atoms with van der Waals surface area (Å²) in [5, 5.41) is 14.6. The highest BCUT2D eigenvalue weighted by molar-refractivity contribution is 7.17. The van der Waals surface area contributed by atoms with Gasteiger partial charge in [-0.05, 0) is 229 Å². The number of carbonyl (C=O) groups is 1. The van der Waals surface area contributed by atoms with Gasteiger partial charge in [-0.15, -0.1) is 22.7 Å². The lowest BCUT2D eigenvalue weighted by atomic mass is 9.82. The minimum Gasteiger partial charge on any atom is -0.364 e. The molecular formula is C104H149N11O2S2. The number of hydrogen-bond acceptors (Lipinski definition) is 14. The number of allylic oxidation sites excluding steroid dienone is 2. The van der Waals surface area contributed by atoms with Gasteiger partial charge in [-0.1, -0.05) is 246 Å². The first-order valence-electron chi connectivity index (χ1n) is 39.0. The Morgan fingerprint density at radius 1 is 0.387 bits per heavy atom. The first-order chi connectivity index (χ1) is 53.1. The van der Waals surface area contributed by atoms with Gasteiger partial charge in [-0.25, -0.2) is 9.50 Å². The third kappa shape index (κ3) is 34.5. The third-order valence-electron chi connectivity index (χ3n) is 18.6. The van der Waals surface area contributed by atoms with Crippen molar-refractivity contribution in [3.05, 3.63) is 315 Å². The zero-order chi connectivity index (χ0) is 80.6. The molecule has 15 heteroatoms. The van der Waals surface area contributed by atoms with Crippen molar-refractivity contribution in [2.75, 3.05) is 0 Å². The predicted octanol–water partition coefficient (Wildman–Crippen LogP) is 31.4. The molecule has 0 radical (unpaired) electrons. The molecule has 13 heterocycles. The van der Waals surface area contributed by atoms with Crippen LogP contribution in [-0.4, -0.2) is 60.4 Å². The highest BCUT2D eigenvalue weighted by Crippen LogP contribution is 2.33. The highest BCUT2D eigenvalue weighted by Gasteiger charge is 2.22. The van der Waals surface area contributed by atoms with E-state index in [0.717, 1.165) is 39.1 Å². The van der Waals surface area contributed by atoms with E-state index in [-0.39, 0.29) is 70.6 Å². The van der Waals surface area contributed by atoms with Crippen LogP contribution in [0.2, 0.25) is 0 Å². The van der Waals surface area contributed by atoms with E-state index in [1.54, 1.807) is 47.4 Å². The molecule has 0 saturated heterocycles. The Morgan fingerprint density at radius 2 is 0.849 bits per heavy atom. The van der Waals surface area contributed by atoms with Crippen molar-refractivity contribution < 1.29 is 9.32 Å². The Bertz CT molecular complexity index is 4890. The van der Waals surface area contributed by atoms with Crippen molar-refractivity contribution in [1.82, 2.24) is 54.6 Å². The normalized spacial score (nSPS) is 10.9. The summed E-state index contributed by atoms with van der Waals surface area (Å²) in [7, 11) is 0. The Labute approximate surface area is 728 Å². The van der Waals surface area contributed by atoms with E-state index >= 15 is 0 Å². The van der Waals surface area contributed by atoms with E-state index in [1.165, 1.54) is 82.3 Å². The van der Waals surface area contributed by atoms with Crippen molar-refractivity contribution >= 4 is 77.5 Å². The summed E-state index contributed by atoms with van der Waals surface area (Å²) in [5.74, 6) is 5.41.